The SMILES string of the molecule is O=C1NC(=Nc2ccc([N+](=O)[O-])cc2)S/C1=C\c1cn(Cc2ccc(F)cc2)c2ccccc12. The minimum Gasteiger partial charge on any atom is -0.342 e. The van der Waals surface area contributed by atoms with Gasteiger partial charge in [-0.2, -0.15) is 0 Å². The Balaban J connectivity index is 1.43. The number of nitrogens with zero attached hydrogens (tertiary/aromatic N) is 3. The lowest BCUT2D eigenvalue weighted by Crippen LogP contribution is -2.19. The Bertz CT molecular complexity index is 1470. The van der Waals surface area contributed by atoms with E-state index in [2.05, 4.69) is 14.9 Å². The maximum Gasteiger partial charge on any atom is 0.269 e. The fraction of sp³-hybridized carbons (Fsp3) is 0.0400. The number of nitro groups is 1. The molecule has 1 fully saturated rings. The molecule has 168 valence electrons. The number of halogens is 1. The van der Waals surface area contributed by atoms with Crippen LogP contribution in [0.4, 0.5) is 15.8 Å². The molecule has 0 radical (unpaired) electrons. The molecule has 7 nitrogen and oxygen atoms in total. The lowest BCUT2D eigenvalue weighted by Gasteiger charge is -2.05. The number of hydrogen-bond donors (Lipinski definition) is 1. The van der Waals surface area contributed by atoms with Gasteiger partial charge in [0.15, 0.2) is 5.17 Å². The first-order valence-electron chi connectivity index (χ1n) is 10.3. The van der Waals surface area contributed by atoms with Crippen LogP contribution in [-0.2, 0) is 11.3 Å². The first kappa shape index (κ1) is 21.6. The number of amidine groups is 1. The van der Waals surface area contributed by atoms with Crippen molar-refractivity contribution in [2.75, 3.05) is 0 Å². The van der Waals surface area contributed by atoms with Crippen molar-refractivity contribution in [3.63, 3.8) is 0 Å². The Kier molecular flexibility index (Phi) is 5.69. The molecule has 1 amide bonds. The number of aliphatic imine (C=N–C) groups is 1. The van der Waals surface area contributed by atoms with E-state index in [0.29, 0.717) is 22.3 Å². The molecular weight excluding hydrogens is 455 g/mol. The van der Waals surface area contributed by atoms with Gasteiger partial charge in [-0.1, -0.05) is 30.3 Å². The van der Waals surface area contributed by atoms with Gasteiger partial charge in [0.25, 0.3) is 11.6 Å². The molecule has 1 saturated heterocycles. The Morgan fingerprint density at radius 3 is 2.53 bits per heavy atom. The molecule has 2 heterocycles. The van der Waals surface area contributed by atoms with Gasteiger partial charge in [0.2, 0.25) is 0 Å². The van der Waals surface area contributed by atoms with Gasteiger partial charge in [-0.05, 0) is 53.7 Å². The Morgan fingerprint density at radius 2 is 1.79 bits per heavy atom. The Morgan fingerprint density at radius 1 is 1.06 bits per heavy atom. The molecule has 1 aliphatic rings. The number of nitrogens with one attached hydrogen (secondary N) is 1. The maximum absolute atomic E-state index is 13.3. The van der Waals surface area contributed by atoms with E-state index in [0.717, 1.165) is 22.0 Å². The van der Waals surface area contributed by atoms with E-state index in [1.807, 2.05) is 36.5 Å². The predicted octanol–water partition coefficient (Wildman–Crippen LogP) is 5.63. The van der Waals surface area contributed by atoms with Crippen LogP contribution in [0.15, 0.2) is 88.9 Å². The summed E-state index contributed by atoms with van der Waals surface area (Å²) in [6.07, 6.45) is 3.79. The number of hydrogen-bond acceptors (Lipinski definition) is 5. The fourth-order valence-corrected chi connectivity index (χ4v) is 4.53. The zero-order valence-corrected chi connectivity index (χ0v) is 18.5. The number of carbonyl (C=O) groups excluding carboxylic acids is 1. The topological polar surface area (TPSA) is 89.5 Å². The molecule has 0 bridgehead atoms. The smallest absolute Gasteiger partial charge is 0.269 e. The lowest BCUT2D eigenvalue weighted by atomic mass is 10.1. The number of fused-ring (bicyclic) bond motifs is 1. The van der Waals surface area contributed by atoms with Gasteiger partial charge in [0.1, 0.15) is 5.82 Å². The lowest BCUT2D eigenvalue weighted by molar-refractivity contribution is -0.384. The Hall–Kier alpha value is -4.24. The molecule has 1 N–H and O–H groups in total. The molecule has 0 unspecified atom stereocenters. The quantitative estimate of drug-likeness (QED) is 0.232. The highest BCUT2D eigenvalue weighted by atomic mass is 32.2. The van der Waals surface area contributed by atoms with Crippen LogP contribution in [0.3, 0.4) is 0 Å². The zero-order chi connectivity index (χ0) is 23.7. The van der Waals surface area contributed by atoms with Crippen molar-refractivity contribution in [2.24, 2.45) is 4.99 Å². The number of rotatable bonds is 5. The number of nitro benzene ring substituents is 1. The number of para-hydroxylation sites is 1. The van der Waals surface area contributed by atoms with Crippen LogP contribution in [0.25, 0.3) is 17.0 Å². The van der Waals surface area contributed by atoms with Gasteiger partial charge < -0.3 is 9.88 Å². The highest BCUT2D eigenvalue weighted by Gasteiger charge is 2.24. The molecule has 3 aromatic carbocycles. The van der Waals surface area contributed by atoms with Crippen LogP contribution in [-0.4, -0.2) is 20.6 Å². The summed E-state index contributed by atoms with van der Waals surface area (Å²) in [4.78, 5) is 27.8. The summed E-state index contributed by atoms with van der Waals surface area (Å²) < 4.78 is 15.3. The summed E-state index contributed by atoms with van der Waals surface area (Å²) >= 11 is 1.21. The van der Waals surface area contributed by atoms with Crippen molar-refractivity contribution in [2.45, 2.75) is 6.54 Å². The highest BCUT2D eigenvalue weighted by molar-refractivity contribution is 8.18. The normalized spacial score (nSPS) is 15.9. The summed E-state index contributed by atoms with van der Waals surface area (Å²) in [6, 6.07) is 20.1. The standard InChI is InChI=1S/C25H17FN4O3S/c26-18-7-5-16(6-8-18)14-29-15-17(21-3-1-2-4-22(21)29)13-23-24(31)28-25(34-23)27-19-9-11-20(12-10-19)30(32)33/h1-13,15H,14H2,(H,27,28,31)/b23-13-. The van der Waals surface area contributed by atoms with E-state index in [1.54, 1.807) is 12.1 Å². The molecule has 9 heteroatoms. The molecule has 1 aliphatic heterocycles. The van der Waals surface area contributed by atoms with Crippen molar-refractivity contribution in [1.29, 1.82) is 0 Å². The van der Waals surface area contributed by atoms with Crippen LogP contribution in [0.2, 0.25) is 0 Å². The molecule has 34 heavy (non-hydrogen) atoms. The predicted molar refractivity (Wildman–Crippen MR) is 131 cm³/mol. The fourth-order valence-electron chi connectivity index (χ4n) is 3.70. The first-order valence-corrected chi connectivity index (χ1v) is 11.1. The van der Waals surface area contributed by atoms with Crippen LogP contribution >= 0.6 is 11.8 Å². The third kappa shape index (κ3) is 4.46. The number of thioether (sulfide) groups is 1. The molecule has 4 aromatic rings. The van der Waals surface area contributed by atoms with Crippen molar-refractivity contribution < 1.29 is 14.1 Å². The van der Waals surface area contributed by atoms with Gasteiger partial charge >= 0.3 is 0 Å². The Labute approximate surface area is 197 Å². The minimum absolute atomic E-state index is 0.0235. The van der Waals surface area contributed by atoms with E-state index >= 15 is 0 Å². The second-order valence-corrected chi connectivity index (χ2v) is 8.64. The molecule has 0 atom stereocenters. The van der Waals surface area contributed by atoms with Crippen LogP contribution in [0.1, 0.15) is 11.1 Å². The number of benzene rings is 3. The zero-order valence-electron chi connectivity index (χ0n) is 17.6. The number of carbonyl (C=O) groups is 1. The van der Waals surface area contributed by atoms with E-state index in [-0.39, 0.29) is 17.4 Å². The van der Waals surface area contributed by atoms with Gasteiger partial charge in [-0.15, -0.1) is 0 Å². The van der Waals surface area contributed by atoms with E-state index < -0.39 is 4.92 Å². The third-order valence-electron chi connectivity index (χ3n) is 5.31. The summed E-state index contributed by atoms with van der Waals surface area (Å²) in [6.45, 7) is 0.566. The van der Waals surface area contributed by atoms with Crippen molar-refractivity contribution >= 4 is 51.2 Å². The molecular formula is C25H17FN4O3S. The molecule has 0 spiro atoms. The molecule has 5 rings (SSSR count). The number of amides is 1. The molecule has 0 aliphatic carbocycles. The van der Waals surface area contributed by atoms with E-state index in [4.69, 9.17) is 0 Å². The molecule has 1 aromatic heterocycles. The van der Waals surface area contributed by atoms with Gasteiger partial charge in [0, 0.05) is 41.3 Å². The van der Waals surface area contributed by atoms with Gasteiger partial charge in [0.05, 0.1) is 15.5 Å². The van der Waals surface area contributed by atoms with Gasteiger partial charge in [-0.3, -0.25) is 14.9 Å². The first-order chi connectivity index (χ1) is 16.5. The van der Waals surface area contributed by atoms with Crippen molar-refractivity contribution in [3.05, 3.63) is 111 Å². The summed E-state index contributed by atoms with van der Waals surface area (Å²) in [5.74, 6) is -0.539. The van der Waals surface area contributed by atoms with Crippen molar-refractivity contribution in [1.82, 2.24) is 9.88 Å². The second-order valence-electron chi connectivity index (χ2n) is 7.61. The minimum atomic E-state index is -0.476. The van der Waals surface area contributed by atoms with E-state index in [9.17, 15) is 19.3 Å². The second kappa shape index (κ2) is 8.95. The van der Waals surface area contributed by atoms with Crippen LogP contribution < -0.4 is 5.32 Å². The third-order valence-corrected chi connectivity index (χ3v) is 6.22. The highest BCUT2D eigenvalue weighted by Crippen LogP contribution is 2.31. The average Bonchev–Trinajstić information content (AvgIpc) is 3.35. The van der Waals surface area contributed by atoms with E-state index in [1.165, 1.54) is 48.2 Å². The maximum atomic E-state index is 13.3. The number of aromatic nitrogens is 1. The summed E-state index contributed by atoms with van der Waals surface area (Å²) in [5.41, 5.74) is 3.33. The van der Waals surface area contributed by atoms with Gasteiger partial charge in [-0.25, -0.2) is 9.38 Å². The van der Waals surface area contributed by atoms with Crippen LogP contribution in [0.5, 0.6) is 0 Å². The largest absolute Gasteiger partial charge is 0.342 e. The van der Waals surface area contributed by atoms with Crippen molar-refractivity contribution in [3.8, 4) is 0 Å². The average molecular weight is 473 g/mol. The number of non-ortho nitro benzene ring substituents is 1. The monoisotopic (exact) mass is 472 g/mol. The molecule has 0 saturated carbocycles. The summed E-state index contributed by atoms with van der Waals surface area (Å²) in [7, 11) is 0. The van der Waals surface area contributed by atoms with Crippen LogP contribution in [0, 0.1) is 15.9 Å². The summed E-state index contributed by atoms with van der Waals surface area (Å²) in [5, 5.41) is 14.9.